The number of sulfonamides is 1. The zero-order valence-electron chi connectivity index (χ0n) is 11.4. The highest BCUT2D eigenvalue weighted by Gasteiger charge is 2.21. The molecule has 18 heavy (non-hydrogen) atoms. The molecule has 0 saturated carbocycles. The first-order valence-corrected chi connectivity index (χ1v) is 7.62. The zero-order chi connectivity index (χ0) is 13.8. The fourth-order valence-electron chi connectivity index (χ4n) is 1.56. The maximum Gasteiger partial charge on any atom is 0.244 e. The summed E-state index contributed by atoms with van der Waals surface area (Å²) in [6, 6.07) is 5.15. The SMILES string of the molecule is CCc1ccc(OC)c(S(=O)(=O)N[C@@H](C)CC)c1. The normalized spacial score (nSPS) is 13.3. The molecular weight excluding hydrogens is 250 g/mol. The number of nitrogens with one attached hydrogen (secondary N) is 1. The van der Waals surface area contributed by atoms with E-state index >= 15 is 0 Å². The molecule has 1 aromatic carbocycles. The number of aryl methyl sites for hydroxylation is 1. The summed E-state index contributed by atoms with van der Waals surface area (Å²) in [5.74, 6) is 0.378. The average Bonchev–Trinajstić information content (AvgIpc) is 2.37. The first-order valence-electron chi connectivity index (χ1n) is 6.13. The molecule has 0 bridgehead atoms. The Morgan fingerprint density at radius 2 is 2.00 bits per heavy atom. The molecule has 1 N–H and O–H groups in total. The van der Waals surface area contributed by atoms with Gasteiger partial charge in [-0.3, -0.25) is 0 Å². The van der Waals surface area contributed by atoms with Gasteiger partial charge in [-0.05, 0) is 37.5 Å². The Balaban J connectivity index is 3.20. The lowest BCUT2D eigenvalue weighted by atomic mass is 10.2. The monoisotopic (exact) mass is 271 g/mol. The minimum Gasteiger partial charge on any atom is -0.495 e. The molecule has 1 atom stereocenters. The van der Waals surface area contributed by atoms with E-state index in [9.17, 15) is 8.42 Å². The molecule has 0 unspecified atom stereocenters. The summed E-state index contributed by atoms with van der Waals surface area (Å²) in [6.45, 7) is 5.76. The maximum absolute atomic E-state index is 12.3. The Bertz CT molecular complexity index is 497. The number of ether oxygens (including phenoxy) is 1. The Morgan fingerprint density at radius 3 is 2.50 bits per heavy atom. The van der Waals surface area contributed by atoms with Crippen LogP contribution in [0.5, 0.6) is 5.75 Å². The molecule has 0 aliphatic rings. The molecule has 0 aliphatic heterocycles. The van der Waals surface area contributed by atoms with Gasteiger partial charge in [0.2, 0.25) is 10.0 Å². The van der Waals surface area contributed by atoms with Gasteiger partial charge in [0.1, 0.15) is 10.6 Å². The third-order valence-corrected chi connectivity index (χ3v) is 4.51. The van der Waals surface area contributed by atoms with E-state index in [-0.39, 0.29) is 10.9 Å². The van der Waals surface area contributed by atoms with Crippen LogP contribution in [-0.2, 0) is 16.4 Å². The molecule has 5 heteroatoms. The van der Waals surface area contributed by atoms with Gasteiger partial charge in [0.05, 0.1) is 7.11 Å². The van der Waals surface area contributed by atoms with Gasteiger partial charge in [0.15, 0.2) is 0 Å². The Kier molecular flexibility index (Phi) is 5.16. The topological polar surface area (TPSA) is 55.4 Å². The average molecular weight is 271 g/mol. The molecule has 0 aliphatic carbocycles. The molecular formula is C13H21NO3S. The summed E-state index contributed by atoms with van der Waals surface area (Å²) in [7, 11) is -2.05. The highest BCUT2D eigenvalue weighted by Crippen LogP contribution is 2.25. The van der Waals surface area contributed by atoms with E-state index in [4.69, 9.17) is 4.74 Å². The van der Waals surface area contributed by atoms with Gasteiger partial charge in [-0.1, -0.05) is 19.9 Å². The first-order chi connectivity index (χ1) is 8.44. The summed E-state index contributed by atoms with van der Waals surface area (Å²) in [4.78, 5) is 0.213. The van der Waals surface area contributed by atoms with Crippen molar-refractivity contribution in [1.82, 2.24) is 4.72 Å². The van der Waals surface area contributed by atoms with Crippen LogP contribution in [0.2, 0.25) is 0 Å². The van der Waals surface area contributed by atoms with Crippen molar-refractivity contribution in [2.24, 2.45) is 0 Å². The van der Waals surface area contributed by atoms with Crippen LogP contribution in [-0.4, -0.2) is 21.6 Å². The zero-order valence-corrected chi connectivity index (χ0v) is 12.2. The van der Waals surface area contributed by atoms with Gasteiger partial charge in [0.25, 0.3) is 0 Å². The van der Waals surface area contributed by atoms with Gasteiger partial charge in [-0.25, -0.2) is 13.1 Å². The molecule has 0 fully saturated rings. The van der Waals surface area contributed by atoms with E-state index in [1.807, 2.05) is 26.8 Å². The number of benzene rings is 1. The van der Waals surface area contributed by atoms with Crippen LogP contribution in [0.4, 0.5) is 0 Å². The highest BCUT2D eigenvalue weighted by atomic mass is 32.2. The van der Waals surface area contributed by atoms with Gasteiger partial charge >= 0.3 is 0 Å². The van der Waals surface area contributed by atoms with Crippen LogP contribution in [0.3, 0.4) is 0 Å². The van der Waals surface area contributed by atoms with Gasteiger partial charge < -0.3 is 4.74 Å². The van der Waals surface area contributed by atoms with Crippen LogP contribution in [0.25, 0.3) is 0 Å². The fourth-order valence-corrected chi connectivity index (χ4v) is 3.11. The third-order valence-electron chi connectivity index (χ3n) is 2.89. The number of hydrogen-bond donors (Lipinski definition) is 1. The lowest BCUT2D eigenvalue weighted by molar-refractivity contribution is 0.401. The predicted molar refractivity (Wildman–Crippen MR) is 72.4 cm³/mol. The molecule has 0 heterocycles. The van der Waals surface area contributed by atoms with Crippen LogP contribution in [0.15, 0.2) is 23.1 Å². The smallest absolute Gasteiger partial charge is 0.244 e. The molecule has 0 saturated heterocycles. The van der Waals surface area contributed by atoms with Gasteiger partial charge in [-0.15, -0.1) is 0 Å². The van der Waals surface area contributed by atoms with Crippen molar-refractivity contribution in [1.29, 1.82) is 0 Å². The molecule has 102 valence electrons. The second kappa shape index (κ2) is 6.20. The summed E-state index contributed by atoms with van der Waals surface area (Å²) in [6.07, 6.45) is 1.53. The lowest BCUT2D eigenvalue weighted by Gasteiger charge is -2.15. The standard InChI is InChI=1S/C13H21NO3S/c1-5-10(3)14-18(15,16)13-9-11(6-2)7-8-12(13)17-4/h7-10,14H,5-6H2,1-4H3/t10-/m0/s1. The van der Waals surface area contributed by atoms with Crippen LogP contribution in [0, 0.1) is 0 Å². The molecule has 0 amide bonds. The van der Waals surface area contributed by atoms with Gasteiger partial charge in [0, 0.05) is 6.04 Å². The summed E-state index contributed by atoms with van der Waals surface area (Å²) < 4.78 is 32.3. The van der Waals surface area contributed by atoms with E-state index < -0.39 is 10.0 Å². The van der Waals surface area contributed by atoms with E-state index in [1.165, 1.54) is 7.11 Å². The Morgan fingerprint density at radius 1 is 1.33 bits per heavy atom. The Labute approximate surface area is 109 Å². The summed E-state index contributed by atoms with van der Waals surface area (Å²) >= 11 is 0. The van der Waals surface area contributed by atoms with Crippen molar-refractivity contribution in [3.8, 4) is 5.75 Å². The minimum atomic E-state index is -3.52. The van der Waals surface area contributed by atoms with Gasteiger partial charge in [-0.2, -0.15) is 0 Å². The molecule has 0 spiro atoms. The van der Waals surface area contributed by atoms with E-state index in [2.05, 4.69) is 4.72 Å². The second-order valence-electron chi connectivity index (χ2n) is 4.27. The largest absolute Gasteiger partial charge is 0.495 e. The van der Waals surface area contributed by atoms with Crippen LogP contribution >= 0.6 is 0 Å². The van der Waals surface area contributed by atoms with Crippen molar-refractivity contribution in [3.05, 3.63) is 23.8 Å². The lowest BCUT2D eigenvalue weighted by Crippen LogP contribution is -2.32. The molecule has 0 radical (unpaired) electrons. The number of methoxy groups -OCH3 is 1. The van der Waals surface area contributed by atoms with E-state index in [0.29, 0.717) is 5.75 Å². The van der Waals surface area contributed by atoms with Crippen molar-refractivity contribution in [3.63, 3.8) is 0 Å². The van der Waals surface area contributed by atoms with E-state index in [1.54, 1.807) is 12.1 Å². The predicted octanol–water partition coefficient (Wildman–Crippen LogP) is 2.33. The second-order valence-corrected chi connectivity index (χ2v) is 5.95. The summed E-state index contributed by atoms with van der Waals surface area (Å²) in [5.41, 5.74) is 0.973. The number of rotatable bonds is 6. The maximum atomic E-state index is 12.3. The van der Waals surface area contributed by atoms with Crippen molar-refractivity contribution in [2.45, 2.75) is 44.6 Å². The van der Waals surface area contributed by atoms with Crippen molar-refractivity contribution in [2.75, 3.05) is 7.11 Å². The van der Waals surface area contributed by atoms with Crippen molar-refractivity contribution >= 4 is 10.0 Å². The van der Waals surface area contributed by atoms with Crippen molar-refractivity contribution < 1.29 is 13.2 Å². The molecule has 4 nitrogen and oxygen atoms in total. The highest BCUT2D eigenvalue weighted by molar-refractivity contribution is 7.89. The fraction of sp³-hybridized carbons (Fsp3) is 0.538. The van der Waals surface area contributed by atoms with Crippen LogP contribution in [0.1, 0.15) is 32.8 Å². The quantitative estimate of drug-likeness (QED) is 0.864. The summed E-state index contributed by atoms with van der Waals surface area (Å²) in [5, 5.41) is 0. The molecule has 1 rings (SSSR count). The first kappa shape index (κ1) is 15.0. The minimum absolute atomic E-state index is 0.0926. The Hall–Kier alpha value is -1.07. The number of hydrogen-bond acceptors (Lipinski definition) is 3. The third kappa shape index (κ3) is 3.46. The van der Waals surface area contributed by atoms with Crippen LogP contribution < -0.4 is 9.46 Å². The molecule has 1 aromatic rings. The van der Waals surface area contributed by atoms with E-state index in [0.717, 1.165) is 18.4 Å². The molecule has 0 aromatic heterocycles.